The summed E-state index contributed by atoms with van der Waals surface area (Å²) in [5, 5.41) is 0.748. The lowest BCUT2D eigenvalue weighted by atomic mass is 9.90. The third-order valence-electron chi connectivity index (χ3n) is 3.67. The lowest BCUT2D eigenvalue weighted by molar-refractivity contribution is -0.123. The topological polar surface area (TPSA) is 75.6 Å². The van der Waals surface area contributed by atoms with Crippen LogP contribution in [0.2, 0.25) is 10.0 Å². The number of carbonyl (C=O) groups is 1. The van der Waals surface area contributed by atoms with E-state index in [1.165, 1.54) is 30.5 Å². The summed E-state index contributed by atoms with van der Waals surface area (Å²) in [5.41, 5.74) is -0.961. The van der Waals surface area contributed by atoms with Crippen molar-refractivity contribution >= 4 is 45.3 Å². The first-order chi connectivity index (χ1) is 11.8. The van der Waals surface area contributed by atoms with Gasteiger partial charge in [-0.25, -0.2) is 13.1 Å². The van der Waals surface area contributed by atoms with E-state index in [0.29, 0.717) is 10.6 Å². The molecule has 0 spiro atoms. The van der Waals surface area contributed by atoms with Crippen molar-refractivity contribution in [3.05, 3.63) is 76.3 Å². The molecule has 0 saturated carbocycles. The van der Waals surface area contributed by atoms with E-state index in [-0.39, 0.29) is 9.92 Å². The van der Waals surface area contributed by atoms with Crippen LogP contribution in [0.25, 0.3) is 0 Å². The molecule has 5 nitrogen and oxygen atoms in total. The highest BCUT2D eigenvalue weighted by Crippen LogP contribution is 2.32. The fourth-order valence-corrected chi connectivity index (χ4v) is 3.86. The molecular formula is C17H12Cl2N2O3S. The van der Waals surface area contributed by atoms with Gasteiger partial charge in [0.25, 0.3) is 15.9 Å². The van der Waals surface area contributed by atoms with E-state index in [4.69, 9.17) is 23.2 Å². The molecule has 0 fully saturated rings. The molecule has 128 valence electrons. The fraction of sp³-hybridized carbons (Fsp3) is 0.0588. The molecule has 1 aliphatic heterocycles. The molecule has 3 rings (SSSR count). The Hall–Kier alpha value is -2.15. The van der Waals surface area contributed by atoms with E-state index < -0.39 is 21.5 Å². The molecule has 0 radical (unpaired) electrons. The van der Waals surface area contributed by atoms with E-state index in [2.05, 4.69) is 9.71 Å². The Morgan fingerprint density at radius 1 is 1.04 bits per heavy atom. The maximum atomic E-state index is 12.8. The number of aliphatic imine (C=N–C) groups is 1. The van der Waals surface area contributed by atoms with Gasteiger partial charge in [-0.3, -0.25) is 9.79 Å². The van der Waals surface area contributed by atoms with Crippen LogP contribution in [0.5, 0.6) is 0 Å². The first kappa shape index (κ1) is 17.7. The second-order valence-corrected chi connectivity index (χ2v) is 7.86. The number of benzene rings is 2. The minimum absolute atomic E-state index is 0.106. The van der Waals surface area contributed by atoms with Gasteiger partial charge in [-0.1, -0.05) is 41.4 Å². The van der Waals surface area contributed by atoms with Gasteiger partial charge in [0.1, 0.15) is 0 Å². The van der Waals surface area contributed by atoms with Crippen LogP contribution < -0.4 is 4.72 Å². The maximum absolute atomic E-state index is 12.8. The first-order valence-electron chi connectivity index (χ1n) is 7.15. The summed E-state index contributed by atoms with van der Waals surface area (Å²) in [7, 11) is -4.09. The Morgan fingerprint density at radius 2 is 1.76 bits per heavy atom. The summed E-state index contributed by atoms with van der Waals surface area (Å²) in [4.78, 5) is 16.9. The van der Waals surface area contributed by atoms with Crippen molar-refractivity contribution in [1.29, 1.82) is 0 Å². The SMILES string of the molecule is O=C(NS(=O)(=O)c1cccc(Cl)c1)C1(c2ccc(Cl)cc2)C=CC=N1. The van der Waals surface area contributed by atoms with Gasteiger partial charge >= 0.3 is 0 Å². The van der Waals surface area contributed by atoms with E-state index in [0.717, 1.165) is 0 Å². The molecule has 1 heterocycles. The predicted octanol–water partition coefficient (Wildman–Crippen LogP) is 3.33. The molecule has 2 aromatic rings. The zero-order valence-electron chi connectivity index (χ0n) is 12.7. The zero-order valence-corrected chi connectivity index (χ0v) is 15.0. The number of amides is 1. The standard InChI is InChI=1S/C17H12Cl2N2O3S/c18-13-7-5-12(6-8-13)17(9-2-10-20-17)16(22)21-25(23,24)15-4-1-3-14(19)11-15/h1-11H,(H,21,22). The van der Waals surface area contributed by atoms with E-state index in [9.17, 15) is 13.2 Å². The number of carbonyl (C=O) groups excluding carboxylic acids is 1. The monoisotopic (exact) mass is 394 g/mol. The second kappa shape index (κ2) is 6.63. The molecule has 1 unspecified atom stereocenters. The van der Waals surface area contributed by atoms with E-state index in [1.807, 2.05) is 0 Å². The third-order valence-corrected chi connectivity index (χ3v) is 5.48. The molecule has 0 saturated heterocycles. The average molecular weight is 395 g/mol. The summed E-state index contributed by atoms with van der Waals surface area (Å²) in [6.45, 7) is 0. The molecule has 1 aliphatic rings. The molecule has 0 bridgehead atoms. The van der Waals surface area contributed by atoms with Gasteiger partial charge < -0.3 is 0 Å². The molecule has 1 atom stereocenters. The highest BCUT2D eigenvalue weighted by Gasteiger charge is 2.40. The van der Waals surface area contributed by atoms with Gasteiger partial charge in [-0.2, -0.15) is 0 Å². The third kappa shape index (κ3) is 3.46. The smallest absolute Gasteiger partial charge is 0.270 e. The summed E-state index contributed by atoms with van der Waals surface area (Å²) in [5.74, 6) is -0.792. The lowest BCUT2D eigenvalue weighted by Gasteiger charge is -2.23. The number of nitrogens with one attached hydrogen (secondary N) is 1. The Balaban J connectivity index is 1.96. The van der Waals surface area contributed by atoms with Crippen molar-refractivity contribution in [2.24, 2.45) is 4.99 Å². The van der Waals surface area contributed by atoms with Crippen LogP contribution in [0.3, 0.4) is 0 Å². The van der Waals surface area contributed by atoms with Gasteiger partial charge in [-0.15, -0.1) is 0 Å². The van der Waals surface area contributed by atoms with Crippen LogP contribution in [0.1, 0.15) is 5.56 Å². The van der Waals surface area contributed by atoms with Gasteiger partial charge in [0, 0.05) is 16.3 Å². The number of nitrogens with zero attached hydrogens (tertiary/aromatic N) is 1. The summed E-state index contributed by atoms with van der Waals surface area (Å²) in [6.07, 6.45) is 4.56. The van der Waals surface area contributed by atoms with Crippen molar-refractivity contribution < 1.29 is 13.2 Å². The predicted molar refractivity (Wildman–Crippen MR) is 97.5 cm³/mol. The van der Waals surface area contributed by atoms with Crippen LogP contribution in [0.4, 0.5) is 0 Å². The molecule has 0 aromatic heterocycles. The van der Waals surface area contributed by atoms with Crippen molar-refractivity contribution in [2.75, 3.05) is 0 Å². The summed E-state index contributed by atoms with van der Waals surface area (Å²) < 4.78 is 27.1. The Labute approximate surface area is 155 Å². The van der Waals surface area contributed by atoms with E-state index >= 15 is 0 Å². The largest absolute Gasteiger partial charge is 0.270 e. The average Bonchev–Trinajstić information content (AvgIpc) is 3.06. The van der Waals surface area contributed by atoms with Gasteiger partial charge in [0.2, 0.25) is 0 Å². The van der Waals surface area contributed by atoms with Crippen LogP contribution in [0, 0.1) is 0 Å². The molecule has 1 N–H and O–H groups in total. The number of hydrogen-bond acceptors (Lipinski definition) is 4. The highest BCUT2D eigenvalue weighted by atomic mass is 35.5. The minimum Gasteiger partial charge on any atom is -0.270 e. The quantitative estimate of drug-likeness (QED) is 0.863. The van der Waals surface area contributed by atoms with Crippen LogP contribution >= 0.6 is 23.2 Å². The molecule has 0 aliphatic carbocycles. The summed E-state index contributed by atoms with van der Waals surface area (Å²) in [6, 6.07) is 12.1. The first-order valence-corrected chi connectivity index (χ1v) is 9.39. The number of hydrogen-bond donors (Lipinski definition) is 1. The van der Waals surface area contributed by atoms with Crippen molar-refractivity contribution in [2.45, 2.75) is 10.4 Å². The van der Waals surface area contributed by atoms with Crippen molar-refractivity contribution in [3.63, 3.8) is 0 Å². The number of rotatable bonds is 4. The molecular weight excluding hydrogens is 383 g/mol. The normalized spacial score (nSPS) is 19.1. The Kier molecular flexibility index (Phi) is 4.69. The zero-order chi connectivity index (χ0) is 18.1. The van der Waals surface area contributed by atoms with Gasteiger partial charge in [0.05, 0.1) is 4.90 Å². The van der Waals surface area contributed by atoms with Crippen LogP contribution in [-0.2, 0) is 20.4 Å². The maximum Gasteiger partial charge on any atom is 0.270 e. The van der Waals surface area contributed by atoms with Crippen LogP contribution in [0.15, 0.2) is 70.6 Å². The summed E-state index contributed by atoms with van der Waals surface area (Å²) >= 11 is 11.7. The number of halogens is 2. The number of sulfonamides is 1. The fourth-order valence-electron chi connectivity index (χ4n) is 2.42. The lowest BCUT2D eigenvalue weighted by Crippen LogP contribution is -2.43. The van der Waals surface area contributed by atoms with Crippen LogP contribution in [-0.4, -0.2) is 20.5 Å². The van der Waals surface area contributed by atoms with Crippen molar-refractivity contribution in [3.8, 4) is 0 Å². The molecule has 2 aromatic carbocycles. The van der Waals surface area contributed by atoms with Gasteiger partial charge in [0.15, 0.2) is 5.54 Å². The Bertz CT molecular complexity index is 971. The van der Waals surface area contributed by atoms with Gasteiger partial charge in [-0.05, 0) is 48.0 Å². The van der Waals surface area contributed by atoms with Crippen molar-refractivity contribution in [1.82, 2.24) is 4.72 Å². The Morgan fingerprint density at radius 3 is 2.36 bits per heavy atom. The number of allylic oxidation sites excluding steroid dienone is 1. The second-order valence-electron chi connectivity index (χ2n) is 5.30. The highest BCUT2D eigenvalue weighted by molar-refractivity contribution is 7.90. The molecule has 25 heavy (non-hydrogen) atoms. The minimum atomic E-state index is -4.09. The van der Waals surface area contributed by atoms with E-state index in [1.54, 1.807) is 36.4 Å². The molecule has 1 amide bonds. The molecule has 8 heteroatoms.